The average molecular weight is 753 g/mol. The van der Waals surface area contributed by atoms with Gasteiger partial charge in [-0.2, -0.15) is 18.3 Å². The lowest BCUT2D eigenvalue weighted by Gasteiger charge is -2.34. The van der Waals surface area contributed by atoms with Gasteiger partial charge in [-0.25, -0.2) is 14.6 Å². The second kappa shape index (κ2) is 13.1. The molecule has 54 heavy (non-hydrogen) atoms. The van der Waals surface area contributed by atoms with Crippen LogP contribution in [0, 0.1) is 0 Å². The average Bonchev–Trinajstić information content (AvgIpc) is 3.58. The molecule has 1 amide bonds. The van der Waals surface area contributed by atoms with E-state index in [4.69, 9.17) is 14.5 Å². The van der Waals surface area contributed by atoms with Gasteiger partial charge in [0.15, 0.2) is 10.9 Å². The summed E-state index contributed by atoms with van der Waals surface area (Å²) in [6.45, 7) is 2.56. The standard InChI is InChI=1S/C38H31F3N8O4S/c39-38(40,41)33-9-8-32(53-33)30-19-27(23-2-3-23)45-49(30)25-5-6-29-28(18-25)44-35(48(29)21-22-1-10-34(51)43-20-22)26-17-24(4-7-31(26)50)36(52)46-12-14-47(15-13-46)37-42-11-16-54-37/h1,4-11,16-20,23,50H,2-3,12-15,21H2,(H,43,51). The van der Waals surface area contributed by atoms with Gasteiger partial charge in [0.2, 0.25) is 11.3 Å². The predicted octanol–water partition coefficient (Wildman–Crippen LogP) is 6.91. The molecule has 12 nitrogen and oxygen atoms in total. The molecule has 1 aliphatic carbocycles. The van der Waals surface area contributed by atoms with Crippen molar-refractivity contribution >= 4 is 33.4 Å². The van der Waals surface area contributed by atoms with E-state index >= 15 is 0 Å². The summed E-state index contributed by atoms with van der Waals surface area (Å²) < 4.78 is 49.2. The van der Waals surface area contributed by atoms with E-state index < -0.39 is 11.9 Å². The zero-order valence-electron chi connectivity index (χ0n) is 28.5. The normalized spacial score (nSPS) is 15.0. The highest BCUT2D eigenvalue weighted by molar-refractivity contribution is 7.13. The number of phenols is 1. The number of anilines is 1. The number of rotatable bonds is 8. The van der Waals surface area contributed by atoms with Gasteiger partial charge in [-0.15, -0.1) is 11.3 Å². The first kappa shape index (κ1) is 33.7. The number of carbonyl (C=O) groups excluding carboxylic acids is 1. The van der Waals surface area contributed by atoms with Crippen molar-refractivity contribution < 1.29 is 27.5 Å². The molecule has 1 saturated heterocycles. The van der Waals surface area contributed by atoms with Gasteiger partial charge in [-0.05, 0) is 73.0 Å². The Kier molecular flexibility index (Phi) is 8.14. The van der Waals surface area contributed by atoms with Crippen LogP contribution in [0.1, 0.15) is 46.1 Å². The molecule has 2 aromatic carbocycles. The number of hydrogen-bond donors (Lipinski definition) is 2. The minimum atomic E-state index is -4.64. The minimum Gasteiger partial charge on any atom is -0.507 e. The van der Waals surface area contributed by atoms with Crippen LogP contribution in [-0.4, -0.2) is 71.4 Å². The van der Waals surface area contributed by atoms with Crippen molar-refractivity contribution in [3.63, 3.8) is 0 Å². The number of phenolic OH excluding ortho intramolecular Hbond substituents is 1. The van der Waals surface area contributed by atoms with E-state index in [-0.39, 0.29) is 35.4 Å². The Hall–Kier alpha value is -6.16. The number of hydrogen-bond acceptors (Lipinski definition) is 9. The highest BCUT2D eigenvalue weighted by Crippen LogP contribution is 2.42. The number of nitrogens with zero attached hydrogens (tertiary/aromatic N) is 7. The third-order valence-electron chi connectivity index (χ3n) is 9.77. The zero-order valence-corrected chi connectivity index (χ0v) is 29.3. The molecule has 1 aliphatic heterocycles. The van der Waals surface area contributed by atoms with Gasteiger partial charge in [0.25, 0.3) is 5.91 Å². The van der Waals surface area contributed by atoms with Crippen molar-refractivity contribution in [3.05, 3.63) is 117 Å². The van der Waals surface area contributed by atoms with Crippen molar-refractivity contribution in [3.8, 4) is 34.3 Å². The lowest BCUT2D eigenvalue weighted by Crippen LogP contribution is -2.48. The van der Waals surface area contributed by atoms with Crippen LogP contribution >= 0.6 is 11.3 Å². The molecule has 1 saturated carbocycles. The van der Waals surface area contributed by atoms with E-state index in [0.29, 0.717) is 65.5 Å². The van der Waals surface area contributed by atoms with E-state index in [1.54, 1.807) is 69.7 Å². The van der Waals surface area contributed by atoms with Gasteiger partial charge in [-0.3, -0.25) is 9.59 Å². The van der Waals surface area contributed by atoms with Crippen LogP contribution in [-0.2, 0) is 12.7 Å². The number of pyridine rings is 1. The number of carbonyl (C=O) groups is 1. The zero-order chi connectivity index (χ0) is 37.1. The maximum Gasteiger partial charge on any atom is 0.449 e. The Labute approximate surface area is 308 Å². The van der Waals surface area contributed by atoms with Crippen molar-refractivity contribution in [1.82, 2.24) is 34.2 Å². The highest BCUT2D eigenvalue weighted by Gasteiger charge is 2.36. The summed E-state index contributed by atoms with van der Waals surface area (Å²) in [6.07, 6.45) is 0.602. The van der Waals surface area contributed by atoms with Gasteiger partial charge in [-0.1, -0.05) is 6.07 Å². The van der Waals surface area contributed by atoms with Gasteiger partial charge in [0.05, 0.1) is 34.5 Å². The molecule has 2 aliphatic rings. The Morgan fingerprint density at radius 3 is 2.54 bits per heavy atom. The number of halogens is 3. The third kappa shape index (κ3) is 6.31. The maximum absolute atomic E-state index is 13.8. The molecule has 9 rings (SSSR count). The molecule has 2 N–H and O–H groups in total. The smallest absolute Gasteiger partial charge is 0.449 e. The van der Waals surface area contributed by atoms with Crippen LogP contribution in [0.4, 0.5) is 18.3 Å². The number of aromatic hydroxyl groups is 1. The van der Waals surface area contributed by atoms with Gasteiger partial charge in [0, 0.05) is 61.5 Å². The summed E-state index contributed by atoms with van der Waals surface area (Å²) in [4.78, 5) is 41.6. The van der Waals surface area contributed by atoms with Crippen LogP contribution in [0.5, 0.6) is 5.75 Å². The number of aromatic nitrogens is 6. The summed E-state index contributed by atoms with van der Waals surface area (Å²) in [6, 6.07) is 17.2. The van der Waals surface area contributed by atoms with Crippen molar-refractivity contribution in [1.29, 1.82) is 0 Å². The number of aromatic amines is 1. The van der Waals surface area contributed by atoms with Crippen molar-refractivity contribution in [2.75, 3.05) is 31.1 Å². The fraction of sp³-hybridized carbons (Fsp3) is 0.237. The van der Waals surface area contributed by atoms with E-state index in [0.717, 1.165) is 35.3 Å². The van der Waals surface area contributed by atoms with Crippen LogP contribution in [0.2, 0.25) is 0 Å². The topological polar surface area (TPSA) is 138 Å². The van der Waals surface area contributed by atoms with Gasteiger partial charge in [0.1, 0.15) is 17.3 Å². The molecule has 274 valence electrons. The number of thiazole rings is 1. The largest absolute Gasteiger partial charge is 0.507 e. The number of amides is 1. The number of H-pyrrole nitrogens is 1. The van der Waals surface area contributed by atoms with Gasteiger partial charge >= 0.3 is 6.18 Å². The SMILES string of the molecule is O=C(c1ccc(O)c(-c2nc3cc(-n4nc(C5CC5)cc4-c4ccc(C(F)(F)F)o4)ccc3n2Cc2ccc(=O)[nH]c2)c1)N1CCN(c2nccs2)CC1. The van der Waals surface area contributed by atoms with Crippen molar-refractivity contribution in [2.45, 2.75) is 31.5 Å². The van der Waals surface area contributed by atoms with E-state index in [1.807, 2.05) is 16.0 Å². The molecular weight excluding hydrogens is 722 g/mol. The minimum absolute atomic E-state index is 0.0297. The molecule has 0 unspecified atom stereocenters. The molecule has 2 fully saturated rings. The van der Waals surface area contributed by atoms with Crippen molar-refractivity contribution in [2.24, 2.45) is 0 Å². The first-order chi connectivity index (χ1) is 26.1. The Bertz CT molecular complexity index is 2560. The first-order valence-electron chi connectivity index (χ1n) is 17.3. The van der Waals surface area contributed by atoms with E-state index in [1.165, 1.54) is 18.2 Å². The summed E-state index contributed by atoms with van der Waals surface area (Å²) in [5, 5.41) is 18.9. The Morgan fingerprint density at radius 1 is 1.00 bits per heavy atom. The molecular formula is C38H31F3N8O4S. The molecule has 0 bridgehead atoms. The first-order valence-corrected chi connectivity index (χ1v) is 18.2. The summed E-state index contributed by atoms with van der Waals surface area (Å²) in [5.41, 5.74) is 4.07. The highest BCUT2D eigenvalue weighted by atomic mass is 32.1. The summed E-state index contributed by atoms with van der Waals surface area (Å²) >= 11 is 1.56. The second-order valence-electron chi connectivity index (χ2n) is 13.4. The fourth-order valence-corrected chi connectivity index (χ4v) is 7.52. The number of imidazole rings is 1. The quantitative estimate of drug-likeness (QED) is 0.171. The molecule has 16 heteroatoms. The monoisotopic (exact) mass is 752 g/mol. The predicted molar refractivity (Wildman–Crippen MR) is 195 cm³/mol. The maximum atomic E-state index is 13.8. The van der Waals surface area contributed by atoms with Crippen LogP contribution in [0.25, 0.3) is 39.6 Å². The molecule has 0 spiro atoms. The number of alkyl halides is 3. The Morgan fingerprint density at radius 2 is 1.83 bits per heavy atom. The number of nitrogens with one attached hydrogen (secondary N) is 1. The van der Waals surface area contributed by atoms with Crippen LogP contribution in [0.3, 0.4) is 0 Å². The number of piperazine rings is 1. The summed E-state index contributed by atoms with van der Waals surface area (Å²) in [7, 11) is 0. The fourth-order valence-electron chi connectivity index (χ4n) is 6.82. The number of benzene rings is 2. The molecule has 5 aromatic heterocycles. The molecule has 0 atom stereocenters. The van der Waals surface area contributed by atoms with Crippen LogP contribution < -0.4 is 10.5 Å². The van der Waals surface area contributed by atoms with E-state index in [9.17, 15) is 27.9 Å². The lowest BCUT2D eigenvalue weighted by atomic mass is 10.1. The third-order valence-corrected chi connectivity index (χ3v) is 10.6. The number of fused-ring (bicyclic) bond motifs is 1. The van der Waals surface area contributed by atoms with Gasteiger partial charge < -0.3 is 28.9 Å². The summed E-state index contributed by atoms with van der Waals surface area (Å²) in [5.74, 6) is -0.743. The van der Waals surface area contributed by atoms with E-state index in [2.05, 4.69) is 14.9 Å². The van der Waals surface area contributed by atoms with Crippen LogP contribution in [0.15, 0.2) is 93.7 Å². The molecule has 6 heterocycles. The second-order valence-corrected chi connectivity index (χ2v) is 14.3. The Balaban J connectivity index is 1.11. The molecule has 0 radical (unpaired) electrons. The lowest BCUT2D eigenvalue weighted by molar-refractivity contribution is -0.152. The number of furan rings is 1. The molecule has 7 aromatic rings.